The van der Waals surface area contributed by atoms with Gasteiger partial charge in [-0.25, -0.2) is 0 Å². The van der Waals surface area contributed by atoms with Crippen LogP contribution in [-0.4, -0.2) is 42.9 Å². The van der Waals surface area contributed by atoms with Gasteiger partial charge in [0.1, 0.15) is 0 Å². The molecule has 1 N–H and O–H groups in total. The summed E-state index contributed by atoms with van der Waals surface area (Å²) in [6, 6.07) is 20.8. The maximum Gasteiger partial charge on any atom is 0.291 e. The molecule has 4 rings (SSSR count). The molecule has 1 aliphatic rings. The molecule has 1 aromatic heterocycles. The van der Waals surface area contributed by atoms with Crippen LogP contribution in [0.2, 0.25) is 0 Å². The molecule has 0 bridgehead atoms. The highest BCUT2D eigenvalue weighted by Crippen LogP contribution is 2.20. The number of anilines is 2. The second-order valence-corrected chi connectivity index (χ2v) is 7.03. The van der Waals surface area contributed by atoms with Gasteiger partial charge in [-0.05, 0) is 48.0 Å². The largest absolute Gasteiger partial charge is 0.459 e. The van der Waals surface area contributed by atoms with Crippen LogP contribution in [0.4, 0.5) is 11.4 Å². The van der Waals surface area contributed by atoms with Gasteiger partial charge in [-0.2, -0.15) is 0 Å². The van der Waals surface area contributed by atoms with E-state index in [1.54, 1.807) is 18.2 Å². The molecule has 6 heteroatoms. The van der Waals surface area contributed by atoms with Crippen molar-refractivity contribution in [1.29, 1.82) is 0 Å². The highest BCUT2D eigenvalue weighted by Gasteiger charge is 2.20. The minimum absolute atomic E-state index is 0.0366. The Morgan fingerprint density at radius 1 is 0.867 bits per heavy atom. The first-order chi connectivity index (χ1) is 14.7. The van der Waals surface area contributed by atoms with E-state index in [0.717, 1.165) is 24.3 Å². The standard InChI is InChI=1S/C24H23N3O3/c28-23(13-8-19-5-2-1-3-6-19)27-16-14-26(15-17-27)21-11-9-20(10-12-21)25-24(29)22-7-4-18-30-22/h1-13,18H,14-17H2,(H,25,29)/b13-8+. The summed E-state index contributed by atoms with van der Waals surface area (Å²) in [4.78, 5) is 28.6. The highest BCUT2D eigenvalue weighted by atomic mass is 16.3. The lowest BCUT2D eigenvalue weighted by Crippen LogP contribution is -2.48. The molecule has 0 unspecified atom stereocenters. The van der Waals surface area contributed by atoms with Crippen LogP contribution in [0, 0.1) is 0 Å². The molecule has 6 nitrogen and oxygen atoms in total. The Morgan fingerprint density at radius 3 is 2.27 bits per heavy atom. The van der Waals surface area contributed by atoms with Crippen molar-refractivity contribution in [2.24, 2.45) is 0 Å². The van der Waals surface area contributed by atoms with Crippen molar-refractivity contribution in [3.63, 3.8) is 0 Å². The SMILES string of the molecule is O=C(Nc1ccc(N2CCN(C(=O)/C=C/c3ccccc3)CC2)cc1)c1ccco1. The molecule has 30 heavy (non-hydrogen) atoms. The van der Waals surface area contributed by atoms with E-state index in [9.17, 15) is 9.59 Å². The lowest BCUT2D eigenvalue weighted by Gasteiger charge is -2.35. The predicted molar refractivity (Wildman–Crippen MR) is 117 cm³/mol. The van der Waals surface area contributed by atoms with Gasteiger partial charge in [0, 0.05) is 43.6 Å². The van der Waals surface area contributed by atoms with Gasteiger partial charge in [0.05, 0.1) is 6.26 Å². The monoisotopic (exact) mass is 401 g/mol. The summed E-state index contributed by atoms with van der Waals surface area (Å²) in [5.74, 6) is 0.0408. The Morgan fingerprint density at radius 2 is 1.60 bits per heavy atom. The zero-order chi connectivity index (χ0) is 20.8. The fourth-order valence-corrected chi connectivity index (χ4v) is 3.38. The third-order valence-corrected chi connectivity index (χ3v) is 5.04. The number of piperazine rings is 1. The van der Waals surface area contributed by atoms with Gasteiger partial charge < -0.3 is 19.5 Å². The van der Waals surface area contributed by atoms with Crippen molar-refractivity contribution in [2.75, 3.05) is 36.4 Å². The Balaban J connectivity index is 1.29. The lowest BCUT2D eigenvalue weighted by atomic mass is 10.2. The molecule has 0 spiro atoms. The third-order valence-electron chi connectivity index (χ3n) is 5.04. The van der Waals surface area contributed by atoms with Gasteiger partial charge >= 0.3 is 0 Å². The minimum Gasteiger partial charge on any atom is -0.459 e. The van der Waals surface area contributed by atoms with E-state index < -0.39 is 0 Å². The molecule has 0 saturated carbocycles. The topological polar surface area (TPSA) is 65.8 Å². The number of hydrogen-bond donors (Lipinski definition) is 1. The van der Waals surface area contributed by atoms with Gasteiger partial charge in [0.2, 0.25) is 5.91 Å². The van der Waals surface area contributed by atoms with Crippen LogP contribution in [0.5, 0.6) is 0 Å². The normalized spacial score (nSPS) is 14.1. The molecule has 1 saturated heterocycles. The van der Waals surface area contributed by atoms with Crippen LogP contribution in [-0.2, 0) is 4.79 Å². The first-order valence-electron chi connectivity index (χ1n) is 9.91. The van der Waals surface area contributed by atoms with E-state index in [0.29, 0.717) is 18.8 Å². The third kappa shape index (κ3) is 4.78. The average Bonchev–Trinajstić information content (AvgIpc) is 3.34. The molecule has 2 amide bonds. The quantitative estimate of drug-likeness (QED) is 0.659. The second-order valence-electron chi connectivity index (χ2n) is 7.03. The van der Waals surface area contributed by atoms with Gasteiger partial charge in [0.15, 0.2) is 5.76 Å². The number of hydrogen-bond acceptors (Lipinski definition) is 4. The highest BCUT2D eigenvalue weighted by molar-refractivity contribution is 6.02. The summed E-state index contributed by atoms with van der Waals surface area (Å²) >= 11 is 0. The molecule has 1 fully saturated rings. The second kappa shape index (κ2) is 9.13. The molecule has 152 valence electrons. The maximum absolute atomic E-state index is 12.4. The number of nitrogens with one attached hydrogen (secondary N) is 1. The van der Waals surface area contributed by atoms with Crippen molar-refractivity contribution in [3.05, 3.63) is 90.4 Å². The van der Waals surface area contributed by atoms with Crippen molar-refractivity contribution >= 4 is 29.3 Å². The van der Waals surface area contributed by atoms with E-state index in [1.165, 1.54) is 6.26 Å². The summed E-state index contributed by atoms with van der Waals surface area (Å²) in [7, 11) is 0. The van der Waals surface area contributed by atoms with E-state index in [-0.39, 0.29) is 17.6 Å². The minimum atomic E-state index is -0.275. The van der Waals surface area contributed by atoms with Crippen molar-refractivity contribution in [3.8, 4) is 0 Å². The van der Waals surface area contributed by atoms with Crippen LogP contribution in [0.15, 0.2) is 83.5 Å². The predicted octanol–water partition coefficient (Wildman–Crippen LogP) is 3.89. The van der Waals surface area contributed by atoms with Gasteiger partial charge in [-0.1, -0.05) is 30.3 Å². The number of rotatable bonds is 5. The lowest BCUT2D eigenvalue weighted by molar-refractivity contribution is -0.126. The molecular weight excluding hydrogens is 378 g/mol. The maximum atomic E-state index is 12.4. The molecule has 0 aliphatic carbocycles. The Hall–Kier alpha value is -3.80. The number of benzene rings is 2. The Labute approximate surface area is 175 Å². The summed E-state index contributed by atoms with van der Waals surface area (Å²) < 4.78 is 5.10. The van der Waals surface area contributed by atoms with E-state index >= 15 is 0 Å². The molecule has 2 heterocycles. The van der Waals surface area contributed by atoms with E-state index in [4.69, 9.17) is 4.42 Å². The summed E-state index contributed by atoms with van der Waals surface area (Å²) in [6.45, 7) is 2.88. The number of carbonyl (C=O) groups is 2. The summed E-state index contributed by atoms with van der Waals surface area (Å²) in [6.07, 6.45) is 4.96. The zero-order valence-electron chi connectivity index (χ0n) is 16.5. The number of carbonyl (C=O) groups excluding carboxylic acids is 2. The molecule has 3 aromatic rings. The van der Waals surface area contributed by atoms with Crippen molar-refractivity contribution in [1.82, 2.24) is 4.90 Å². The van der Waals surface area contributed by atoms with Crippen LogP contribution in [0.25, 0.3) is 6.08 Å². The molecule has 0 radical (unpaired) electrons. The summed E-state index contributed by atoms with van der Waals surface area (Å²) in [5.41, 5.74) is 2.79. The Kier molecular flexibility index (Phi) is 5.94. The van der Waals surface area contributed by atoms with Crippen molar-refractivity contribution in [2.45, 2.75) is 0 Å². The first-order valence-corrected chi connectivity index (χ1v) is 9.91. The molecule has 2 aromatic carbocycles. The van der Waals surface area contributed by atoms with Crippen LogP contribution in [0.3, 0.4) is 0 Å². The molecular formula is C24H23N3O3. The molecule has 0 atom stereocenters. The average molecular weight is 401 g/mol. The number of amides is 2. The van der Waals surface area contributed by atoms with Gasteiger partial charge in [0.25, 0.3) is 5.91 Å². The van der Waals surface area contributed by atoms with Gasteiger partial charge in [-0.3, -0.25) is 9.59 Å². The first kappa shape index (κ1) is 19.5. The molecule has 1 aliphatic heterocycles. The Bertz CT molecular complexity index is 1000. The number of nitrogens with zero attached hydrogens (tertiary/aromatic N) is 2. The van der Waals surface area contributed by atoms with Gasteiger partial charge in [-0.15, -0.1) is 0 Å². The van der Waals surface area contributed by atoms with E-state index in [2.05, 4.69) is 10.2 Å². The zero-order valence-corrected chi connectivity index (χ0v) is 16.5. The van der Waals surface area contributed by atoms with Crippen molar-refractivity contribution < 1.29 is 14.0 Å². The van der Waals surface area contributed by atoms with Crippen LogP contribution >= 0.6 is 0 Å². The summed E-state index contributed by atoms with van der Waals surface area (Å²) in [5, 5.41) is 2.81. The number of furan rings is 1. The fraction of sp³-hybridized carbons (Fsp3) is 0.167. The van der Waals surface area contributed by atoms with Crippen LogP contribution in [0.1, 0.15) is 16.1 Å². The van der Waals surface area contributed by atoms with Crippen LogP contribution < -0.4 is 10.2 Å². The van der Waals surface area contributed by atoms with E-state index in [1.807, 2.05) is 65.6 Å². The smallest absolute Gasteiger partial charge is 0.291 e. The fourth-order valence-electron chi connectivity index (χ4n) is 3.38.